The molecule has 35 heavy (non-hydrogen) atoms. The fourth-order valence-electron chi connectivity index (χ4n) is 3.69. The minimum absolute atomic E-state index is 0.0634. The highest BCUT2D eigenvalue weighted by atomic mass is 35.5. The van der Waals surface area contributed by atoms with Crippen LogP contribution in [0.3, 0.4) is 0 Å². The van der Waals surface area contributed by atoms with Crippen LogP contribution in [0.25, 0.3) is 10.8 Å². The van der Waals surface area contributed by atoms with Crippen molar-refractivity contribution in [1.29, 1.82) is 0 Å². The molecular formula is C24H28ClN7O3. The van der Waals surface area contributed by atoms with Crippen molar-refractivity contribution in [3.05, 3.63) is 58.4 Å². The Morgan fingerprint density at radius 3 is 2.40 bits per heavy atom. The molecule has 1 heterocycles. The van der Waals surface area contributed by atoms with Crippen molar-refractivity contribution >= 4 is 51.8 Å². The number of hydrogen-bond donors (Lipinski definition) is 5. The quantitative estimate of drug-likeness (QED) is 0.170. The van der Waals surface area contributed by atoms with Crippen molar-refractivity contribution in [2.75, 3.05) is 18.0 Å². The molecule has 0 saturated heterocycles. The number of amides is 1. The van der Waals surface area contributed by atoms with Gasteiger partial charge in [0.25, 0.3) is 5.91 Å². The number of nitrogens with zero attached hydrogens (tertiary/aromatic N) is 3. The highest BCUT2D eigenvalue weighted by Crippen LogP contribution is 2.26. The lowest BCUT2D eigenvalue weighted by Crippen LogP contribution is -2.38. The number of anilines is 2. The summed E-state index contributed by atoms with van der Waals surface area (Å²) in [5.74, 6) is -2.22. The Kier molecular flexibility index (Phi) is 8.43. The van der Waals surface area contributed by atoms with Crippen LogP contribution in [0.5, 0.6) is 0 Å². The number of carbonyl (C=O) groups excluding carboxylic acids is 1. The predicted molar refractivity (Wildman–Crippen MR) is 137 cm³/mol. The summed E-state index contributed by atoms with van der Waals surface area (Å²) in [6.07, 6.45) is 2.91. The average molecular weight is 498 g/mol. The topological polar surface area (TPSA) is 183 Å². The fraction of sp³-hybridized carbons (Fsp3) is 0.292. The first-order chi connectivity index (χ1) is 16.7. The standard InChI is InChI=1S/C24H28ClN7O3/c1-13(23(34)35)12-15-10-9-14(16-7-2-3-8-17(15)16)6-4-5-11-29-24(28)32-22(33)18-20(26)31-21(27)19(25)30-18/h2-3,7-10,13H,4-6,11-12H2,1H3,(H,34,35)(H4,26,27,31)(H3,28,29,32,33)/t13-/m0/s1. The minimum Gasteiger partial charge on any atom is -0.481 e. The van der Waals surface area contributed by atoms with E-state index in [1.54, 1.807) is 6.92 Å². The molecule has 10 nitrogen and oxygen atoms in total. The Labute approximate surface area is 207 Å². The number of nitrogens with one attached hydrogen (secondary N) is 1. The molecular weight excluding hydrogens is 470 g/mol. The van der Waals surface area contributed by atoms with E-state index < -0.39 is 17.8 Å². The van der Waals surface area contributed by atoms with E-state index in [2.05, 4.69) is 32.4 Å². The number of benzene rings is 2. The lowest BCUT2D eigenvalue weighted by molar-refractivity contribution is -0.141. The van der Waals surface area contributed by atoms with Gasteiger partial charge in [0, 0.05) is 6.54 Å². The zero-order valence-corrected chi connectivity index (χ0v) is 20.0. The third kappa shape index (κ3) is 6.57. The Bertz CT molecular complexity index is 1280. The van der Waals surface area contributed by atoms with E-state index in [9.17, 15) is 14.7 Å². The van der Waals surface area contributed by atoms with Crippen molar-refractivity contribution in [3.63, 3.8) is 0 Å². The molecule has 0 aliphatic heterocycles. The Balaban J connectivity index is 1.56. The second-order valence-electron chi connectivity index (χ2n) is 8.18. The molecule has 1 amide bonds. The van der Waals surface area contributed by atoms with Crippen LogP contribution in [-0.4, -0.2) is 39.5 Å². The second kappa shape index (κ2) is 11.5. The molecule has 2 aromatic carbocycles. The molecule has 1 atom stereocenters. The van der Waals surface area contributed by atoms with Gasteiger partial charge >= 0.3 is 5.97 Å². The summed E-state index contributed by atoms with van der Waals surface area (Å²) in [6.45, 7) is 2.13. The van der Waals surface area contributed by atoms with E-state index in [-0.39, 0.29) is 28.4 Å². The molecule has 0 fully saturated rings. The number of guanidine groups is 1. The Hall–Kier alpha value is -3.92. The largest absolute Gasteiger partial charge is 0.481 e. The summed E-state index contributed by atoms with van der Waals surface area (Å²) in [7, 11) is 0. The SMILES string of the molecule is C[C@@H](Cc1ccc(CCCCN=C(N)NC(=O)c2nc(Cl)c(N)nc2N)c2ccccc12)C(=O)O. The van der Waals surface area contributed by atoms with Gasteiger partial charge in [0.15, 0.2) is 28.4 Å². The first-order valence-corrected chi connectivity index (χ1v) is 11.5. The van der Waals surface area contributed by atoms with Crippen molar-refractivity contribution < 1.29 is 14.7 Å². The lowest BCUT2D eigenvalue weighted by Gasteiger charge is -2.13. The molecule has 0 radical (unpaired) electrons. The third-order valence-corrected chi connectivity index (χ3v) is 5.83. The molecule has 1 aromatic heterocycles. The van der Waals surface area contributed by atoms with Crippen LogP contribution in [0.15, 0.2) is 41.4 Å². The van der Waals surface area contributed by atoms with Gasteiger partial charge in [0.05, 0.1) is 5.92 Å². The molecule has 3 aromatic rings. The summed E-state index contributed by atoms with van der Waals surface area (Å²) < 4.78 is 0. The summed E-state index contributed by atoms with van der Waals surface area (Å²) in [5.41, 5.74) is 19.0. The second-order valence-corrected chi connectivity index (χ2v) is 8.54. The van der Waals surface area contributed by atoms with Gasteiger partial charge in [-0.15, -0.1) is 0 Å². The zero-order valence-electron chi connectivity index (χ0n) is 19.3. The number of aryl methyl sites for hydroxylation is 1. The Morgan fingerprint density at radius 1 is 1.06 bits per heavy atom. The van der Waals surface area contributed by atoms with Crippen LogP contribution < -0.4 is 22.5 Å². The highest BCUT2D eigenvalue weighted by Gasteiger charge is 2.17. The van der Waals surface area contributed by atoms with Crippen LogP contribution in [0.2, 0.25) is 5.15 Å². The molecule has 0 bridgehead atoms. The number of nitrogen functional groups attached to an aromatic ring is 2. The number of hydrogen-bond acceptors (Lipinski definition) is 7. The minimum atomic E-state index is -0.803. The average Bonchev–Trinajstić information content (AvgIpc) is 2.82. The van der Waals surface area contributed by atoms with Gasteiger partial charge in [-0.3, -0.25) is 19.9 Å². The molecule has 0 aliphatic carbocycles. The number of aliphatic carboxylic acids is 1. The van der Waals surface area contributed by atoms with Crippen LogP contribution >= 0.6 is 11.6 Å². The molecule has 0 aliphatic rings. The van der Waals surface area contributed by atoms with Gasteiger partial charge < -0.3 is 22.3 Å². The van der Waals surface area contributed by atoms with Gasteiger partial charge in [0.1, 0.15) is 0 Å². The molecule has 184 valence electrons. The van der Waals surface area contributed by atoms with Crippen molar-refractivity contribution in [2.45, 2.75) is 32.6 Å². The maximum atomic E-state index is 12.3. The van der Waals surface area contributed by atoms with E-state index in [4.69, 9.17) is 28.8 Å². The fourth-order valence-corrected chi connectivity index (χ4v) is 3.81. The van der Waals surface area contributed by atoms with E-state index in [0.717, 1.165) is 35.6 Å². The molecule has 0 saturated carbocycles. The monoisotopic (exact) mass is 497 g/mol. The number of carboxylic acids is 1. The maximum Gasteiger partial charge on any atom is 0.306 e. The van der Waals surface area contributed by atoms with Gasteiger partial charge in [-0.05, 0) is 47.6 Å². The summed E-state index contributed by atoms with van der Waals surface area (Å²) >= 11 is 5.80. The predicted octanol–water partition coefficient (Wildman–Crippen LogP) is 2.78. The summed E-state index contributed by atoms with van der Waals surface area (Å²) in [5, 5.41) is 13.7. The number of halogens is 1. The number of carbonyl (C=O) groups is 2. The third-order valence-electron chi connectivity index (χ3n) is 5.55. The number of nitrogens with two attached hydrogens (primary N) is 3. The van der Waals surface area contributed by atoms with E-state index in [1.165, 1.54) is 5.56 Å². The number of aromatic nitrogens is 2. The van der Waals surface area contributed by atoms with Crippen molar-refractivity contribution in [1.82, 2.24) is 15.3 Å². The van der Waals surface area contributed by atoms with Gasteiger partial charge in [0.2, 0.25) is 0 Å². The first-order valence-electron chi connectivity index (χ1n) is 11.1. The van der Waals surface area contributed by atoms with Crippen LogP contribution in [0.1, 0.15) is 41.4 Å². The van der Waals surface area contributed by atoms with Crippen molar-refractivity contribution in [3.8, 4) is 0 Å². The summed E-state index contributed by atoms with van der Waals surface area (Å²) in [6, 6.07) is 12.1. The van der Waals surface area contributed by atoms with Gasteiger partial charge in [-0.2, -0.15) is 0 Å². The van der Waals surface area contributed by atoms with Crippen molar-refractivity contribution in [2.24, 2.45) is 16.6 Å². The van der Waals surface area contributed by atoms with Crippen LogP contribution in [0, 0.1) is 5.92 Å². The van der Waals surface area contributed by atoms with E-state index in [0.29, 0.717) is 13.0 Å². The zero-order chi connectivity index (χ0) is 25.5. The smallest absolute Gasteiger partial charge is 0.306 e. The molecule has 0 unspecified atom stereocenters. The van der Waals surface area contributed by atoms with E-state index in [1.807, 2.05) is 24.3 Å². The van der Waals surface area contributed by atoms with Gasteiger partial charge in [-0.25, -0.2) is 9.97 Å². The van der Waals surface area contributed by atoms with Crippen LogP contribution in [-0.2, 0) is 17.6 Å². The summed E-state index contributed by atoms with van der Waals surface area (Å²) in [4.78, 5) is 35.3. The molecule has 8 N–H and O–H groups in total. The van der Waals surface area contributed by atoms with Crippen LogP contribution in [0.4, 0.5) is 11.6 Å². The molecule has 0 spiro atoms. The number of carboxylic acid groups (broad SMARTS) is 1. The first kappa shape index (κ1) is 25.7. The maximum absolute atomic E-state index is 12.3. The molecule has 11 heteroatoms. The van der Waals surface area contributed by atoms with Gasteiger partial charge in [-0.1, -0.05) is 54.9 Å². The number of fused-ring (bicyclic) bond motifs is 1. The highest BCUT2D eigenvalue weighted by molar-refractivity contribution is 6.31. The Morgan fingerprint density at radius 2 is 1.71 bits per heavy atom. The molecule has 3 rings (SSSR count). The number of unbranched alkanes of at least 4 members (excludes halogenated alkanes) is 1. The van der Waals surface area contributed by atoms with E-state index >= 15 is 0 Å². The normalized spacial score (nSPS) is 12.5. The number of aliphatic imine (C=N–C) groups is 1. The lowest BCUT2D eigenvalue weighted by atomic mass is 9.92. The number of rotatable bonds is 9.